The summed E-state index contributed by atoms with van der Waals surface area (Å²) in [5.74, 6) is -2.81. The molecule has 7 N–H and O–H groups in total. The summed E-state index contributed by atoms with van der Waals surface area (Å²) in [6.07, 6.45) is 24.1. The molecule has 1 amide bonds. The number of hydrogen-bond donors (Lipinski definition) is 5. The van der Waals surface area contributed by atoms with Crippen molar-refractivity contribution in [3.63, 3.8) is 0 Å². The Balaban J connectivity index is 4.66. The lowest BCUT2D eigenvalue weighted by Gasteiger charge is -2.19. The Labute approximate surface area is 296 Å². The van der Waals surface area contributed by atoms with E-state index in [1.807, 2.05) is 0 Å². The Bertz CT molecular complexity index is 883. The Hall–Kier alpha value is -2.89. The number of ether oxygens (including phenoxy) is 2. The number of esters is 2. The van der Waals surface area contributed by atoms with Crippen LogP contribution in [0.1, 0.15) is 168 Å². The van der Waals surface area contributed by atoms with E-state index in [9.17, 15) is 24.3 Å². The molecule has 0 saturated carbocycles. The second kappa shape index (κ2) is 33.6. The van der Waals surface area contributed by atoms with Crippen LogP contribution < -0.4 is 22.1 Å². The highest BCUT2D eigenvalue weighted by Crippen LogP contribution is 2.12. The van der Waals surface area contributed by atoms with E-state index in [0.717, 1.165) is 38.5 Å². The first-order valence-electron chi connectivity index (χ1n) is 19.3. The van der Waals surface area contributed by atoms with Gasteiger partial charge in [-0.1, -0.05) is 129 Å². The fraction of sp³-hybridized carbons (Fsp3) is 0.865. The van der Waals surface area contributed by atoms with E-state index in [2.05, 4.69) is 29.5 Å². The second-order valence-electron chi connectivity index (χ2n) is 13.1. The zero-order chi connectivity index (χ0) is 36.4. The van der Waals surface area contributed by atoms with Crippen molar-refractivity contribution in [2.45, 2.75) is 180 Å². The summed E-state index contributed by atoms with van der Waals surface area (Å²) in [7, 11) is 0. The van der Waals surface area contributed by atoms with Crippen molar-refractivity contribution in [1.82, 2.24) is 10.6 Å². The van der Waals surface area contributed by atoms with Crippen LogP contribution in [0.5, 0.6) is 0 Å². The number of carboxylic acids is 1. The number of amides is 1. The molecule has 0 aliphatic carbocycles. The van der Waals surface area contributed by atoms with E-state index in [0.29, 0.717) is 13.0 Å². The molecule has 286 valence electrons. The number of guanidine groups is 1. The molecule has 0 rings (SSSR count). The summed E-state index contributed by atoms with van der Waals surface area (Å²) in [6, 6.07) is -2.05. The summed E-state index contributed by atoms with van der Waals surface area (Å²) in [5, 5.41) is 14.8. The Morgan fingerprint density at radius 3 is 1.57 bits per heavy atom. The Morgan fingerprint density at radius 1 is 0.633 bits per heavy atom. The van der Waals surface area contributed by atoms with E-state index in [1.165, 1.54) is 89.9 Å². The van der Waals surface area contributed by atoms with Gasteiger partial charge < -0.3 is 31.4 Å². The average molecular weight is 698 g/mol. The highest BCUT2D eigenvalue weighted by Gasteiger charge is 2.24. The fourth-order valence-electron chi connectivity index (χ4n) is 5.50. The molecule has 12 heteroatoms. The number of hydrogen-bond acceptors (Lipinski definition) is 8. The lowest BCUT2D eigenvalue weighted by molar-refractivity contribution is -0.148. The van der Waals surface area contributed by atoms with Gasteiger partial charge in [0.1, 0.15) is 12.1 Å². The number of nitrogens with two attached hydrogens (primary N) is 2. The summed E-state index contributed by atoms with van der Waals surface area (Å²) in [4.78, 5) is 53.5. The monoisotopic (exact) mass is 698 g/mol. The number of rotatable bonds is 35. The Kier molecular flexibility index (Phi) is 31.6. The van der Waals surface area contributed by atoms with Crippen molar-refractivity contribution < 1.29 is 33.8 Å². The zero-order valence-corrected chi connectivity index (χ0v) is 31.0. The van der Waals surface area contributed by atoms with Gasteiger partial charge >= 0.3 is 17.9 Å². The first-order valence-corrected chi connectivity index (χ1v) is 19.3. The highest BCUT2D eigenvalue weighted by atomic mass is 16.5. The first-order chi connectivity index (χ1) is 23.7. The molecular weight excluding hydrogens is 626 g/mol. The van der Waals surface area contributed by atoms with Crippen molar-refractivity contribution in [3.8, 4) is 0 Å². The SMILES string of the molecule is CCCCCCCCCCCCOC(=O)CCC(NCC(=O)N[C@H](CCCN=C(N)N)C(=O)O)C(=O)OCCCCCCCCCCCC. The van der Waals surface area contributed by atoms with Gasteiger partial charge in [0.25, 0.3) is 0 Å². The molecule has 0 radical (unpaired) electrons. The van der Waals surface area contributed by atoms with Crippen molar-refractivity contribution in [1.29, 1.82) is 0 Å². The minimum atomic E-state index is -1.18. The minimum Gasteiger partial charge on any atom is -0.480 e. The molecule has 0 aliphatic heterocycles. The topological polar surface area (TPSA) is 195 Å². The number of carbonyl (C=O) groups excluding carboxylic acids is 3. The van der Waals surface area contributed by atoms with Crippen LogP contribution in [-0.2, 0) is 28.7 Å². The molecular formula is C37H71N5O7. The van der Waals surface area contributed by atoms with E-state index < -0.39 is 35.9 Å². The molecule has 0 aromatic carbocycles. The lowest BCUT2D eigenvalue weighted by atomic mass is 10.1. The van der Waals surface area contributed by atoms with Gasteiger partial charge in [-0.25, -0.2) is 4.79 Å². The number of aliphatic carboxylic acids is 1. The van der Waals surface area contributed by atoms with E-state index in [-0.39, 0.29) is 44.9 Å². The van der Waals surface area contributed by atoms with Gasteiger partial charge in [0, 0.05) is 13.0 Å². The lowest BCUT2D eigenvalue weighted by Crippen LogP contribution is -2.48. The molecule has 2 atom stereocenters. The van der Waals surface area contributed by atoms with Gasteiger partial charge in [0.2, 0.25) is 5.91 Å². The maximum absolute atomic E-state index is 13.0. The van der Waals surface area contributed by atoms with Crippen LogP contribution in [-0.4, -0.2) is 73.3 Å². The van der Waals surface area contributed by atoms with Gasteiger partial charge in [0.05, 0.1) is 19.8 Å². The van der Waals surface area contributed by atoms with Gasteiger partial charge in [-0.2, -0.15) is 0 Å². The summed E-state index contributed by atoms with van der Waals surface area (Å²) >= 11 is 0. The molecule has 0 bridgehead atoms. The molecule has 0 aromatic heterocycles. The maximum atomic E-state index is 13.0. The van der Waals surface area contributed by atoms with Gasteiger partial charge in [-0.15, -0.1) is 0 Å². The highest BCUT2D eigenvalue weighted by molar-refractivity contribution is 5.85. The van der Waals surface area contributed by atoms with Gasteiger partial charge in [-0.3, -0.25) is 24.7 Å². The van der Waals surface area contributed by atoms with Crippen molar-refractivity contribution in [2.24, 2.45) is 16.5 Å². The van der Waals surface area contributed by atoms with Gasteiger partial charge in [0.15, 0.2) is 5.96 Å². The quantitative estimate of drug-likeness (QED) is 0.0218. The number of carbonyl (C=O) groups is 4. The smallest absolute Gasteiger partial charge is 0.326 e. The largest absolute Gasteiger partial charge is 0.480 e. The molecule has 0 heterocycles. The van der Waals surface area contributed by atoms with Crippen LogP contribution in [0, 0.1) is 0 Å². The van der Waals surface area contributed by atoms with Crippen molar-refractivity contribution in [2.75, 3.05) is 26.3 Å². The maximum Gasteiger partial charge on any atom is 0.326 e. The predicted octanol–water partition coefficient (Wildman–Crippen LogP) is 6.28. The first kappa shape index (κ1) is 46.1. The number of aliphatic imine (C=N–C) groups is 1. The molecule has 0 aromatic rings. The summed E-state index contributed by atoms with van der Waals surface area (Å²) in [5.41, 5.74) is 10.6. The molecule has 1 unspecified atom stereocenters. The fourth-order valence-corrected chi connectivity index (χ4v) is 5.50. The number of nitrogens with zero attached hydrogens (tertiary/aromatic N) is 1. The van der Waals surface area contributed by atoms with Crippen molar-refractivity contribution in [3.05, 3.63) is 0 Å². The van der Waals surface area contributed by atoms with Gasteiger partial charge in [-0.05, 0) is 32.1 Å². The molecule has 12 nitrogen and oxygen atoms in total. The molecule has 0 fully saturated rings. The number of nitrogens with one attached hydrogen (secondary N) is 2. The average Bonchev–Trinajstić information content (AvgIpc) is 3.07. The van der Waals surface area contributed by atoms with Crippen LogP contribution in [0.15, 0.2) is 4.99 Å². The van der Waals surface area contributed by atoms with E-state index >= 15 is 0 Å². The third kappa shape index (κ3) is 30.9. The molecule has 0 spiro atoms. The van der Waals surface area contributed by atoms with Crippen molar-refractivity contribution >= 4 is 29.8 Å². The second-order valence-corrected chi connectivity index (χ2v) is 13.1. The van der Waals surface area contributed by atoms with Crippen LogP contribution in [0.2, 0.25) is 0 Å². The van der Waals surface area contributed by atoms with Crippen LogP contribution in [0.3, 0.4) is 0 Å². The number of unbranched alkanes of at least 4 members (excludes halogenated alkanes) is 18. The zero-order valence-electron chi connectivity index (χ0n) is 31.0. The Morgan fingerprint density at radius 2 is 1.10 bits per heavy atom. The van der Waals surface area contributed by atoms with Crippen LogP contribution in [0.25, 0.3) is 0 Å². The summed E-state index contributed by atoms with van der Waals surface area (Å²) in [6.45, 7) is 4.97. The number of carboxylic acid groups (broad SMARTS) is 1. The minimum absolute atomic E-state index is 0.00700. The van der Waals surface area contributed by atoms with E-state index in [4.69, 9.17) is 20.9 Å². The molecule has 0 aliphatic rings. The predicted molar refractivity (Wildman–Crippen MR) is 196 cm³/mol. The molecule has 0 saturated heterocycles. The third-order valence-electron chi connectivity index (χ3n) is 8.51. The third-order valence-corrected chi connectivity index (χ3v) is 8.51. The summed E-state index contributed by atoms with van der Waals surface area (Å²) < 4.78 is 10.9. The van der Waals surface area contributed by atoms with E-state index in [1.54, 1.807) is 0 Å². The normalized spacial score (nSPS) is 12.2. The van der Waals surface area contributed by atoms with Crippen LogP contribution >= 0.6 is 0 Å². The van der Waals surface area contributed by atoms with Crippen LogP contribution in [0.4, 0.5) is 0 Å². The standard InChI is InChI=1S/C37H71N5O7/c1-3-5-7-9-11-13-15-17-19-21-28-48-34(44)26-25-32(36(47)49-29-22-20-18-16-14-12-10-8-6-4-2)41-30-33(43)42-31(35(45)46)24-23-27-40-37(38)39/h31-32,41H,3-30H2,1-2H3,(H,42,43)(H,45,46)(H4,38,39,40)/t31-,32?/m1/s1. The molecule has 49 heavy (non-hydrogen) atoms.